The summed E-state index contributed by atoms with van der Waals surface area (Å²) < 4.78 is 47.9. The molecule has 3 aromatic rings. The van der Waals surface area contributed by atoms with Crippen LogP contribution in [0.4, 0.5) is 18.9 Å². The number of allylic oxidation sites excluding steroid dienone is 4. The summed E-state index contributed by atoms with van der Waals surface area (Å²) in [6.07, 6.45) is 9.97. The standard InChI is InChI=1S/C36H48F3NO/c1-7-11-21-34(5,20-9-3)26-16-18-32-30(24-26)31-25-29(17-19-33(31)41-32)40(35(6,10-4)22-12-8-2)28-15-13-14-27(23-28)36(37,38)39/h13-19,24-25,27H,7-12,20-23H2,1-6H3. The first-order chi connectivity index (χ1) is 19.5. The van der Waals surface area contributed by atoms with Crippen molar-refractivity contribution in [3.8, 4) is 0 Å². The summed E-state index contributed by atoms with van der Waals surface area (Å²) in [6.45, 7) is 13.4. The van der Waals surface area contributed by atoms with Crippen LogP contribution < -0.4 is 4.90 Å². The SMILES string of the molecule is CCCCC(C)(CCC)c1ccc2oc3ccc(N(C4=CC=CC(C(F)(F)F)C4)C(C)(CC)CCCC)cc3c2c1. The highest BCUT2D eigenvalue weighted by atomic mass is 19.4. The summed E-state index contributed by atoms with van der Waals surface area (Å²) in [4.78, 5) is 2.20. The molecular weight excluding hydrogens is 519 g/mol. The van der Waals surface area contributed by atoms with E-state index in [1.54, 1.807) is 6.08 Å². The quantitative estimate of drug-likeness (QED) is 0.204. The number of fused-ring (bicyclic) bond motifs is 3. The third-order valence-electron chi connectivity index (χ3n) is 9.43. The Balaban J connectivity index is 1.86. The lowest BCUT2D eigenvalue weighted by Crippen LogP contribution is -2.46. The van der Waals surface area contributed by atoms with Gasteiger partial charge in [0.15, 0.2) is 0 Å². The van der Waals surface area contributed by atoms with Crippen LogP contribution in [0.15, 0.2) is 64.7 Å². The molecule has 0 aliphatic heterocycles. The summed E-state index contributed by atoms with van der Waals surface area (Å²) in [5.74, 6) is -1.47. The molecule has 41 heavy (non-hydrogen) atoms. The Morgan fingerprint density at radius 2 is 1.49 bits per heavy atom. The smallest absolute Gasteiger partial charge is 0.395 e. The maximum absolute atomic E-state index is 13.9. The van der Waals surface area contributed by atoms with Crippen molar-refractivity contribution in [2.75, 3.05) is 4.90 Å². The minimum absolute atomic E-state index is 0.0527. The number of benzene rings is 2. The van der Waals surface area contributed by atoms with Crippen molar-refractivity contribution in [3.63, 3.8) is 0 Å². The maximum Gasteiger partial charge on any atom is 0.395 e. The molecule has 2 nitrogen and oxygen atoms in total. The molecule has 4 rings (SSSR count). The molecule has 3 unspecified atom stereocenters. The Bertz CT molecular complexity index is 1380. The molecule has 0 amide bonds. The highest BCUT2D eigenvalue weighted by Gasteiger charge is 2.42. The summed E-state index contributed by atoms with van der Waals surface area (Å²) in [6, 6.07) is 12.8. The molecule has 1 aromatic heterocycles. The summed E-state index contributed by atoms with van der Waals surface area (Å²) >= 11 is 0. The molecular formula is C36H48F3NO. The number of hydrogen-bond donors (Lipinski definition) is 0. The van der Waals surface area contributed by atoms with E-state index in [1.165, 1.54) is 24.5 Å². The molecule has 2 aromatic carbocycles. The highest BCUT2D eigenvalue weighted by molar-refractivity contribution is 6.06. The van der Waals surface area contributed by atoms with Crippen LogP contribution in [-0.2, 0) is 5.41 Å². The Kier molecular flexibility index (Phi) is 9.66. The average Bonchev–Trinajstić information content (AvgIpc) is 3.32. The van der Waals surface area contributed by atoms with Gasteiger partial charge in [0.05, 0.1) is 5.92 Å². The number of nitrogens with zero attached hydrogens (tertiary/aromatic N) is 1. The Morgan fingerprint density at radius 1 is 0.829 bits per heavy atom. The molecule has 224 valence electrons. The second-order valence-corrected chi connectivity index (χ2v) is 12.6. The summed E-state index contributed by atoms with van der Waals surface area (Å²) in [5.41, 5.74) is 4.42. The van der Waals surface area contributed by atoms with Crippen LogP contribution in [0.3, 0.4) is 0 Å². The van der Waals surface area contributed by atoms with E-state index in [0.29, 0.717) is 0 Å². The summed E-state index contributed by atoms with van der Waals surface area (Å²) in [7, 11) is 0. The van der Waals surface area contributed by atoms with Gasteiger partial charge < -0.3 is 9.32 Å². The monoisotopic (exact) mass is 567 g/mol. The van der Waals surface area contributed by atoms with Crippen molar-refractivity contribution >= 4 is 27.6 Å². The van der Waals surface area contributed by atoms with E-state index in [1.807, 2.05) is 18.2 Å². The first-order valence-corrected chi connectivity index (χ1v) is 15.7. The fourth-order valence-electron chi connectivity index (χ4n) is 6.69. The molecule has 0 radical (unpaired) electrons. The van der Waals surface area contributed by atoms with Crippen LogP contribution in [-0.4, -0.2) is 11.7 Å². The minimum atomic E-state index is -4.27. The number of rotatable bonds is 13. The molecule has 0 saturated carbocycles. The zero-order valence-electron chi connectivity index (χ0n) is 25.8. The molecule has 5 heteroatoms. The molecule has 0 bridgehead atoms. The van der Waals surface area contributed by atoms with Gasteiger partial charge in [0, 0.05) is 34.1 Å². The lowest BCUT2D eigenvalue weighted by atomic mass is 9.74. The Labute approximate surface area is 244 Å². The van der Waals surface area contributed by atoms with Gasteiger partial charge in [0.25, 0.3) is 0 Å². The number of furan rings is 1. The van der Waals surface area contributed by atoms with E-state index in [2.05, 4.69) is 70.7 Å². The summed E-state index contributed by atoms with van der Waals surface area (Å²) in [5, 5.41) is 2.10. The van der Waals surface area contributed by atoms with E-state index < -0.39 is 12.1 Å². The van der Waals surface area contributed by atoms with Gasteiger partial charge >= 0.3 is 6.18 Å². The largest absolute Gasteiger partial charge is 0.456 e. The van der Waals surface area contributed by atoms with Gasteiger partial charge in [0.2, 0.25) is 0 Å². The van der Waals surface area contributed by atoms with Gasteiger partial charge in [-0.15, -0.1) is 0 Å². The molecule has 0 spiro atoms. The second-order valence-electron chi connectivity index (χ2n) is 12.6. The third kappa shape index (κ3) is 6.54. The molecule has 0 saturated heterocycles. The third-order valence-corrected chi connectivity index (χ3v) is 9.43. The zero-order valence-corrected chi connectivity index (χ0v) is 25.8. The second kappa shape index (κ2) is 12.7. The number of hydrogen-bond acceptors (Lipinski definition) is 2. The number of anilines is 1. The van der Waals surface area contributed by atoms with Crippen molar-refractivity contribution in [1.29, 1.82) is 0 Å². The van der Waals surface area contributed by atoms with Crippen LogP contribution in [0.2, 0.25) is 0 Å². The number of halogens is 3. The fraction of sp³-hybridized carbons (Fsp3) is 0.556. The van der Waals surface area contributed by atoms with E-state index in [-0.39, 0.29) is 17.4 Å². The lowest BCUT2D eigenvalue weighted by Gasteiger charge is -2.45. The van der Waals surface area contributed by atoms with E-state index in [4.69, 9.17) is 4.42 Å². The Hall–Kier alpha value is -2.69. The van der Waals surface area contributed by atoms with Gasteiger partial charge in [-0.05, 0) is 80.0 Å². The molecule has 3 atom stereocenters. The normalized spacial score (nSPS) is 18.9. The van der Waals surface area contributed by atoms with Gasteiger partial charge in [-0.25, -0.2) is 0 Å². The van der Waals surface area contributed by atoms with Gasteiger partial charge in [-0.3, -0.25) is 0 Å². The van der Waals surface area contributed by atoms with Gasteiger partial charge in [-0.1, -0.05) is 84.9 Å². The fourth-order valence-corrected chi connectivity index (χ4v) is 6.69. The molecule has 1 aliphatic rings. The average molecular weight is 568 g/mol. The van der Waals surface area contributed by atoms with Gasteiger partial charge in [0.1, 0.15) is 11.2 Å². The minimum Gasteiger partial charge on any atom is -0.456 e. The first-order valence-electron chi connectivity index (χ1n) is 15.7. The molecule has 0 N–H and O–H groups in total. The van der Waals surface area contributed by atoms with Crippen LogP contribution in [0.5, 0.6) is 0 Å². The van der Waals surface area contributed by atoms with Crippen molar-refractivity contribution in [3.05, 3.63) is 65.9 Å². The van der Waals surface area contributed by atoms with Crippen molar-refractivity contribution in [2.45, 2.75) is 123 Å². The molecule has 1 aliphatic carbocycles. The zero-order chi connectivity index (χ0) is 29.8. The van der Waals surface area contributed by atoms with Crippen molar-refractivity contribution < 1.29 is 17.6 Å². The van der Waals surface area contributed by atoms with E-state index in [0.717, 1.165) is 78.3 Å². The predicted molar refractivity (Wildman–Crippen MR) is 168 cm³/mol. The van der Waals surface area contributed by atoms with Gasteiger partial charge in [-0.2, -0.15) is 13.2 Å². The van der Waals surface area contributed by atoms with E-state index >= 15 is 0 Å². The lowest BCUT2D eigenvalue weighted by molar-refractivity contribution is -0.161. The topological polar surface area (TPSA) is 16.4 Å². The number of alkyl halides is 3. The van der Waals surface area contributed by atoms with Crippen LogP contribution in [0, 0.1) is 5.92 Å². The van der Waals surface area contributed by atoms with Crippen LogP contribution >= 0.6 is 0 Å². The van der Waals surface area contributed by atoms with E-state index in [9.17, 15) is 13.2 Å². The highest BCUT2D eigenvalue weighted by Crippen LogP contribution is 2.44. The molecule has 1 heterocycles. The van der Waals surface area contributed by atoms with Crippen LogP contribution in [0.25, 0.3) is 21.9 Å². The van der Waals surface area contributed by atoms with Crippen LogP contribution in [0.1, 0.15) is 111 Å². The van der Waals surface area contributed by atoms with Crippen molar-refractivity contribution in [2.24, 2.45) is 5.92 Å². The predicted octanol–water partition coefficient (Wildman–Crippen LogP) is 12.0. The maximum atomic E-state index is 13.9. The first kappa shape index (κ1) is 31.3. The van der Waals surface area contributed by atoms with Crippen molar-refractivity contribution in [1.82, 2.24) is 0 Å². The Morgan fingerprint density at radius 3 is 2.12 bits per heavy atom. The molecule has 0 fully saturated rings. The number of unbranched alkanes of at least 4 members (excludes halogenated alkanes) is 2.